The summed E-state index contributed by atoms with van der Waals surface area (Å²) < 4.78 is 7.69. The van der Waals surface area contributed by atoms with E-state index in [1.165, 1.54) is 0 Å². The van der Waals surface area contributed by atoms with E-state index < -0.39 is 0 Å². The van der Waals surface area contributed by atoms with Crippen molar-refractivity contribution in [1.29, 1.82) is 0 Å². The molecule has 4 aromatic rings. The lowest BCUT2D eigenvalue weighted by Crippen LogP contribution is -2.34. The SMILES string of the molecule is CSCCC(NC(=O)Nc1ccc(Oc2ccccc2)cc1)c1nnc2ccccn12. The Morgan fingerprint density at radius 2 is 1.74 bits per heavy atom. The normalized spacial score (nSPS) is 11.8. The predicted octanol–water partition coefficient (Wildman–Crippen LogP) is 5.14. The number of benzene rings is 2. The zero-order chi connectivity index (χ0) is 21.5. The van der Waals surface area contributed by atoms with Crippen LogP contribution in [0.15, 0.2) is 79.0 Å². The van der Waals surface area contributed by atoms with E-state index in [-0.39, 0.29) is 12.1 Å². The molecule has 2 amide bonds. The highest BCUT2D eigenvalue weighted by Crippen LogP contribution is 2.23. The van der Waals surface area contributed by atoms with Crippen LogP contribution in [0.25, 0.3) is 5.65 Å². The average Bonchev–Trinajstić information content (AvgIpc) is 3.23. The van der Waals surface area contributed by atoms with Gasteiger partial charge in [0.25, 0.3) is 0 Å². The number of nitrogens with one attached hydrogen (secondary N) is 2. The number of rotatable bonds is 8. The Labute approximate surface area is 184 Å². The summed E-state index contributed by atoms with van der Waals surface area (Å²) in [5, 5.41) is 14.4. The van der Waals surface area contributed by atoms with Gasteiger partial charge in [0.1, 0.15) is 11.5 Å². The van der Waals surface area contributed by atoms with Gasteiger partial charge < -0.3 is 15.4 Å². The first kappa shape index (κ1) is 20.7. The highest BCUT2D eigenvalue weighted by Gasteiger charge is 2.20. The summed E-state index contributed by atoms with van der Waals surface area (Å²) in [4.78, 5) is 12.7. The Balaban J connectivity index is 1.41. The maximum atomic E-state index is 12.7. The Morgan fingerprint density at radius 3 is 2.52 bits per heavy atom. The molecule has 2 aromatic carbocycles. The number of thioether (sulfide) groups is 1. The number of hydrogen-bond acceptors (Lipinski definition) is 5. The van der Waals surface area contributed by atoms with Crippen LogP contribution in [-0.4, -0.2) is 32.6 Å². The van der Waals surface area contributed by atoms with Gasteiger partial charge in [-0.15, -0.1) is 10.2 Å². The topological polar surface area (TPSA) is 80.5 Å². The molecule has 0 saturated carbocycles. The molecule has 8 heteroatoms. The molecule has 0 aliphatic carbocycles. The highest BCUT2D eigenvalue weighted by molar-refractivity contribution is 7.98. The second kappa shape index (κ2) is 9.99. The van der Waals surface area contributed by atoms with E-state index in [4.69, 9.17) is 4.74 Å². The molecule has 2 aromatic heterocycles. The van der Waals surface area contributed by atoms with Crippen molar-refractivity contribution < 1.29 is 9.53 Å². The molecule has 0 bridgehead atoms. The van der Waals surface area contributed by atoms with E-state index >= 15 is 0 Å². The van der Waals surface area contributed by atoms with Gasteiger partial charge in [-0.3, -0.25) is 4.40 Å². The zero-order valence-corrected chi connectivity index (χ0v) is 17.9. The molecule has 0 radical (unpaired) electrons. The molecule has 2 heterocycles. The van der Waals surface area contributed by atoms with E-state index in [1.54, 1.807) is 23.9 Å². The van der Waals surface area contributed by atoms with Crippen LogP contribution >= 0.6 is 11.8 Å². The number of urea groups is 1. The van der Waals surface area contributed by atoms with Gasteiger partial charge in [-0.25, -0.2) is 4.79 Å². The smallest absolute Gasteiger partial charge is 0.319 e. The number of para-hydroxylation sites is 1. The number of aromatic nitrogens is 3. The summed E-state index contributed by atoms with van der Waals surface area (Å²) in [6, 6.07) is 22.0. The lowest BCUT2D eigenvalue weighted by Gasteiger charge is -2.17. The third-order valence-electron chi connectivity index (χ3n) is 4.66. The Bertz CT molecular complexity index is 1130. The Hall–Kier alpha value is -3.52. The molecular formula is C23H23N5O2S. The first-order chi connectivity index (χ1) is 15.2. The van der Waals surface area contributed by atoms with Crippen molar-refractivity contribution >= 4 is 29.1 Å². The van der Waals surface area contributed by atoms with Crippen molar-refractivity contribution in [2.24, 2.45) is 0 Å². The molecule has 2 N–H and O–H groups in total. The number of carbonyl (C=O) groups is 1. The van der Waals surface area contributed by atoms with Gasteiger partial charge >= 0.3 is 6.03 Å². The summed E-state index contributed by atoms with van der Waals surface area (Å²) in [5.41, 5.74) is 1.43. The van der Waals surface area contributed by atoms with E-state index in [9.17, 15) is 4.79 Å². The van der Waals surface area contributed by atoms with Crippen LogP contribution in [0.5, 0.6) is 11.5 Å². The maximum absolute atomic E-state index is 12.7. The van der Waals surface area contributed by atoms with Crippen LogP contribution < -0.4 is 15.4 Å². The van der Waals surface area contributed by atoms with E-state index in [2.05, 4.69) is 20.8 Å². The molecule has 0 aliphatic rings. The Kier molecular flexibility index (Phi) is 6.68. The first-order valence-electron chi connectivity index (χ1n) is 9.92. The quantitative estimate of drug-likeness (QED) is 0.402. The minimum absolute atomic E-state index is 0.259. The molecule has 7 nitrogen and oxygen atoms in total. The van der Waals surface area contributed by atoms with Crippen LogP contribution in [0.3, 0.4) is 0 Å². The van der Waals surface area contributed by atoms with Gasteiger partial charge in [-0.1, -0.05) is 24.3 Å². The standard InChI is InChI=1S/C23H23N5O2S/c1-31-16-14-20(22-27-26-21-9-5-6-15-28(21)22)25-23(29)24-17-10-12-19(13-11-17)30-18-7-3-2-4-8-18/h2-13,15,20H,14,16H2,1H3,(H2,24,25,29). The van der Waals surface area contributed by atoms with Crippen LogP contribution in [0.1, 0.15) is 18.3 Å². The maximum Gasteiger partial charge on any atom is 0.319 e. The molecule has 158 valence electrons. The van der Waals surface area contributed by atoms with Gasteiger partial charge in [-0.2, -0.15) is 11.8 Å². The van der Waals surface area contributed by atoms with E-state index in [0.717, 1.165) is 23.6 Å². The van der Waals surface area contributed by atoms with Crippen molar-refractivity contribution in [3.63, 3.8) is 0 Å². The zero-order valence-electron chi connectivity index (χ0n) is 17.1. The summed E-state index contributed by atoms with van der Waals surface area (Å²) in [6.07, 6.45) is 4.69. The fourth-order valence-electron chi connectivity index (χ4n) is 3.16. The second-order valence-corrected chi connectivity index (χ2v) is 7.84. The predicted molar refractivity (Wildman–Crippen MR) is 124 cm³/mol. The van der Waals surface area contributed by atoms with Crippen LogP contribution in [0, 0.1) is 0 Å². The minimum atomic E-state index is -0.296. The van der Waals surface area contributed by atoms with E-state index in [1.807, 2.05) is 77.5 Å². The van der Waals surface area contributed by atoms with Crippen molar-refractivity contribution in [2.45, 2.75) is 12.5 Å². The fourth-order valence-corrected chi connectivity index (χ4v) is 3.63. The molecule has 1 atom stereocenters. The fraction of sp³-hybridized carbons (Fsp3) is 0.174. The Morgan fingerprint density at radius 1 is 1.00 bits per heavy atom. The van der Waals surface area contributed by atoms with Crippen LogP contribution in [-0.2, 0) is 0 Å². The van der Waals surface area contributed by atoms with Crippen LogP contribution in [0.4, 0.5) is 10.5 Å². The highest BCUT2D eigenvalue weighted by atomic mass is 32.2. The number of anilines is 1. The number of pyridine rings is 1. The summed E-state index contributed by atoms with van der Waals surface area (Å²) >= 11 is 1.72. The third kappa shape index (κ3) is 5.35. The lowest BCUT2D eigenvalue weighted by atomic mass is 10.2. The number of hydrogen-bond donors (Lipinski definition) is 2. The molecular weight excluding hydrogens is 410 g/mol. The van der Waals surface area contributed by atoms with Crippen molar-refractivity contribution in [1.82, 2.24) is 19.9 Å². The third-order valence-corrected chi connectivity index (χ3v) is 5.30. The molecule has 4 rings (SSSR count). The van der Waals surface area contributed by atoms with Crippen LogP contribution in [0.2, 0.25) is 0 Å². The average molecular weight is 434 g/mol. The molecule has 1 unspecified atom stereocenters. The summed E-state index contributed by atoms with van der Waals surface area (Å²) in [7, 11) is 0. The summed E-state index contributed by atoms with van der Waals surface area (Å²) in [5.74, 6) is 3.06. The van der Waals surface area contributed by atoms with Crippen molar-refractivity contribution in [3.05, 3.63) is 84.8 Å². The minimum Gasteiger partial charge on any atom is -0.457 e. The number of fused-ring (bicyclic) bond motifs is 1. The largest absolute Gasteiger partial charge is 0.457 e. The first-order valence-corrected chi connectivity index (χ1v) is 11.3. The van der Waals surface area contributed by atoms with Gasteiger partial charge in [0.15, 0.2) is 11.5 Å². The number of ether oxygens (including phenoxy) is 1. The van der Waals surface area contributed by atoms with Gasteiger partial charge in [-0.05, 0) is 67.0 Å². The molecule has 0 fully saturated rings. The molecule has 0 spiro atoms. The van der Waals surface area contributed by atoms with Crippen molar-refractivity contribution in [3.8, 4) is 11.5 Å². The number of amides is 2. The van der Waals surface area contributed by atoms with E-state index in [0.29, 0.717) is 17.3 Å². The van der Waals surface area contributed by atoms with Crippen molar-refractivity contribution in [2.75, 3.05) is 17.3 Å². The monoisotopic (exact) mass is 433 g/mol. The number of carbonyl (C=O) groups excluding carboxylic acids is 1. The molecule has 31 heavy (non-hydrogen) atoms. The number of nitrogens with zero attached hydrogens (tertiary/aromatic N) is 3. The summed E-state index contributed by atoms with van der Waals surface area (Å²) in [6.45, 7) is 0. The van der Waals surface area contributed by atoms with Gasteiger partial charge in [0.05, 0.1) is 6.04 Å². The van der Waals surface area contributed by atoms with Gasteiger partial charge in [0.2, 0.25) is 0 Å². The molecule has 0 saturated heterocycles. The lowest BCUT2D eigenvalue weighted by molar-refractivity contribution is 0.247. The second-order valence-electron chi connectivity index (χ2n) is 6.86. The van der Waals surface area contributed by atoms with Gasteiger partial charge in [0, 0.05) is 11.9 Å². The molecule has 0 aliphatic heterocycles.